The fraction of sp³-hybridized carbons (Fsp3) is 0.789. The van der Waals surface area contributed by atoms with E-state index in [1.54, 1.807) is 6.20 Å². The van der Waals surface area contributed by atoms with Crippen LogP contribution < -0.4 is 9.47 Å². The predicted octanol–water partition coefficient (Wildman–Crippen LogP) is 1.71. The molecule has 5 rings (SSSR count). The number of hydrogen-bond donors (Lipinski definition) is 0. The van der Waals surface area contributed by atoms with E-state index in [9.17, 15) is 0 Å². The first kappa shape index (κ1) is 22.7. The van der Waals surface area contributed by atoms with E-state index in [0.29, 0.717) is 70.5 Å². The van der Waals surface area contributed by atoms with Gasteiger partial charge < -0.3 is 28.6 Å². The molecule has 0 radical (unpaired) electrons. The van der Waals surface area contributed by atoms with Crippen molar-refractivity contribution in [2.75, 3.05) is 72.5 Å². The van der Waals surface area contributed by atoms with E-state index >= 15 is 0 Å². The molecule has 3 fully saturated rings. The molecule has 5 heterocycles. The first-order chi connectivity index (χ1) is 15.4. The van der Waals surface area contributed by atoms with Crippen LogP contribution in [0.25, 0.3) is 0 Å². The number of aromatic nitrogens is 4. The van der Waals surface area contributed by atoms with Gasteiger partial charge in [-0.3, -0.25) is 0 Å². The summed E-state index contributed by atoms with van der Waals surface area (Å²) in [5, 5.41) is 0. The lowest BCUT2D eigenvalue weighted by Crippen LogP contribution is -2.46. The summed E-state index contributed by atoms with van der Waals surface area (Å²) >= 11 is 2.36. The van der Waals surface area contributed by atoms with Crippen LogP contribution in [0, 0.1) is 5.92 Å². The fourth-order valence-corrected chi connectivity index (χ4v) is 4.88. The van der Waals surface area contributed by atoms with E-state index in [2.05, 4.69) is 22.4 Å². The quantitative estimate of drug-likeness (QED) is 0.357. The summed E-state index contributed by atoms with van der Waals surface area (Å²) in [6, 6.07) is 0. The topological polar surface area (TPSA) is 101 Å². The maximum Gasteiger partial charge on any atom is 0.249 e. The van der Waals surface area contributed by atoms with E-state index in [4.69, 9.17) is 23.7 Å². The Morgan fingerprint density at radius 1 is 0.806 bits per heavy atom. The highest BCUT2D eigenvalue weighted by molar-refractivity contribution is 6.99. The molecule has 1 atom stereocenters. The zero-order valence-corrected chi connectivity index (χ0v) is 19.2. The summed E-state index contributed by atoms with van der Waals surface area (Å²) in [5.74, 6) is 2.41. The van der Waals surface area contributed by atoms with Crippen LogP contribution >= 0.6 is 23.5 Å². The molecule has 3 aliphatic rings. The lowest BCUT2D eigenvalue weighted by Gasteiger charge is -2.44. The van der Waals surface area contributed by atoms with Crippen LogP contribution in [0.15, 0.2) is 6.20 Å². The van der Waals surface area contributed by atoms with Crippen molar-refractivity contribution in [1.82, 2.24) is 22.4 Å². The van der Waals surface area contributed by atoms with Gasteiger partial charge in [0.1, 0.15) is 25.1 Å². The zero-order valence-electron chi connectivity index (χ0n) is 17.5. The molecule has 0 amide bonds. The third-order valence-corrected chi connectivity index (χ3v) is 6.51. The van der Waals surface area contributed by atoms with Gasteiger partial charge in [0.25, 0.3) is 0 Å². The Bertz CT molecular complexity index is 742. The average Bonchev–Trinajstić information content (AvgIpc) is 3.50. The van der Waals surface area contributed by atoms with Gasteiger partial charge in [-0.2, -0.15) is 8.75 Å². The second kappa shape index (κ2) is 12.6. The molecule has 0 aliphatic carbocycles. The molecule has 1 unspecified atom stereocenters. The number of nitrogens with zero attached hydrogens (tertiary/aromatic N) is 5. The Labute approximate surface area is 190 Å². The summed E-state index contributed by atoms with van der Waals surface area (Å²) < 4.78 is 44.4. The molecule has 2 aromatic rings. The molecular formula is C19H29N5O5S2. The molecule has 0 spiro atoms. The van der Waals surface area contributed by atoms with E-state index in [0.717, 1.165) is 29.9 Å². The van der Waals surface area contributed by atoms with Gasteiger partial charge in [-0.05, 0) is 31.8 Å². The molecule has 3 aliphatic heterocycles. The number of ether oxygens (including phenoxy) is 5. The Balaban J connectivity index is 0.980. The second-order valence-electron chi connectivity index (χ2n) is 7.48. The number of hydrogen-bond acceptors (Lipinski definition) is 12. The van der Waals surface area contributed by atoms with Gasteiger partial charge in [-0.1, -0.05) is 0 Å². The van der Waals surface area contributed by atoms with Gasteiger partial charge in [0.15, 0.2) is 0 Å². The van der Waals surface area contributed by atoms with Crippen molar-refractivity contribution in [1.29, 1.82) is 0 Å². The van der Waals surface area contributed by atoms with Crippen LogP contribution in [-0.2, 0) is 14.2 Å². The third kappa shape index (κ3) is 7.02. The maximum absolute atomic E-state index is 5.86. The Morgan fingerprint density at radius 3 is 2.10 bits per heavy atom. The highest BCUT2D eigenvalue weighted by atomic mass is 32.1. The summed E-state index contributed by atoms with van der Waals surface area (Å²) in [5.41, 5.74) is 1.04. The molecule has 31 heavy (non-hydrogen) atoms. The van der Waals surface area contributed by atoms with E-state index < -0.39 is 0 Å². The Hall–Kier alpha value is -1.44. The second-order valence-corrected chi connectivity index (χ2v) is 8.56. The molecule has 2 bridgehead atoms. The minimum Gasteiger partial charge on any atom is -0.473 e. The highest BCUT2D eigenvalue weighted by Gasteiger charge is 2.38. The molecule has 3 saturated heterocycles. The van der Waals surface area contributed by atoms with Crippen molar-refractivity contribution in [3.63, 3.8) is 0 Å². The summed E-state index contributed by atoms with van der Waals surface area (Å²) in [7, 11) is 0. The first-order valence-corrected chi connectivity index (χ1v) is 12.2. The zero-order chi connectivity index (χ0) is 21.1. The number of rotatable bonds is 15. The average molecular weight is 472 g/mol. The molecule has 0 aromatic carbocycles. The lowest BCUT2D eigenvalue weighted by molar-refractivity contribution is 0.00450. The lowest BCUT2D eigenvalue weighted by atomic mass is 9.77. The molecular weight excluding hydrogens is 442 g/mol. The van der Waals surface area contributed by atoms with Crippen LogP contribution in [0.4, 0.5) is 0 Å². The smallest absolute Gasteiger partial charge is 0.249 e. The van der Waals surface area contributed by atoms with Crippen LogP contribution in [0.3, 0.4) is 0 Å². The Morgan fingerprint density at radius 2 is 1.48 bits per heavy atom. The van der Waals surface area contributed by atoms with Crippen LogP contribution in [0.5, 0.6) is 11.8 Å². The largest absolute Gasteiger partial charge is 0.473 e. The minimum absolute atomic E-state index is 0.449. The van der Waals surface area contributed by atoms with Crippen molar-refractivity contribution < 1.29 is 23.7 Å². The number of piperidine rings is 3. The monoisotopic (exact) mass is 471 g/mol. The van der Waals surface area contributed by atoms with Gasteiger partial charge in [0.2, 0.25) is 11.8 Å². The van der Waals surface area contributed by atoms with Gasteiger partial charge in [0, 0.05) is 12.5 Å². The van der Waals surface area contributed by atoms with Gasteiger partial charge in [0.05, 0.1) is 63.1 Å². The van der Waals surface area contributed by atoms with Crippen LogP contribution in [0.2, 0.25) is 0 Å². The van der Waals surface area contributed by atoms with E-state index in [-0.39, 0.29) is 0 Å². The van der Waals surface area contributed by atoms with E-state index in [1.807, 2.05) is 0 Å². The number of fused-ring (bicyclic) bond motifs is 3. The molecule has 0 N–H and O–H groups in total. The fourth-order valence-electron chi connectivity index (χ4n) is 3.95. The van der Waals surface area contributed by atoms with Gasteiger partial charge in [-0.15, -0.1) is 8.75 Å². The van der Waals surface area contributed by atoms with Gasteiger partial charge in [-0.25, -0.2) is 0 Å². The molecule has 12 heteroatoms. The van der Waals surface area contributed by atoms with Crippen molar-refractivity contribution in [3.8, 4) is 11.8 Å². The SMILES string of the molecule is c1nsnc1OCCOCCOCCOCCOc1nsnc1C1CN2CCC1CC2. The standard InChI is InChI=1S/C19H29N5O5S2/c1-3-24-4-2-15(1)16(14-24)18-19(23-31-22-18)29-12-10-27-8-6-25-5-7-26-9-11-28-17-13-20-30-21-17/h13,15-16H,1-12,14H2. The van der Waals surface area contributed by atoms with Gasteiger partial charge >= 0.3 is 0 Å². The van der Waals surface area contributed by atoms with Crippen molar-refractivity contribution in [3.05, 3.63) is 11.9 Å². The Kier molecular flexibility index (Phi) is 9.21. The first-order valence-electron chi connectivity index (χ1n) is 10.7. The van der Waals surface area contributed by atoms with Crippen molar-refractivity contribution in [2.24, 2.45) is 5.92 Å². The van der Waals surface area contributed by atoms with Crippen molar-refractivity contribution >= 4 is 23.5 Å². The van der Waals surface area contributed by atoms with Crippen LogP contribution in [-0.4, -0.2) is 94.9 Å². The molecule has 10 nitrogen and oxygen atoms in total. The predicted molar refractivity (Wildman–Crippen MR) is 115 cm³/mol. The summed E-state index contributed by atoms with van der Waals surface area (Å²) in [4.78, 5) is 2.52. The summed E-state index contributed by atoms with van der Waals surface area (Å²) in [6.45, 7) is 7.50. The normalized spacial score (nSPS) is 22.6. The molecule has 2 aromatic heterocycles. The van der Waals surface area contributed by atoms with E-state index in [1.165, 1.54) is 37.7 Å². The minimum atomic E-state index is 0.449. The highest BCUT2D eigenvalue weighted by Crippen LogP contribution is 2.41. The van der Waals surface area contributed by atoms with Crippen LogP contribution in [0.1, 0.15) is 24.5 Å². The molecule has 172 valence electrons. The maximum atomic E-state index is 5.86. The third-order valence-electron chi connectivity index (χ3n) is 5.52. The van der Waals surface area contributed by atoms with Crippen molar-refractivity contribution in [2.45, 2.75) is 18.8 Å². The molecule has 0 saturated carbocycles. The summed E-state index contributed by atoms with van der Waals surface area (Å²) in [6.07, 6.45) is 4.10.